The maximum Gasteiger partial charge on any atom is 0.573 e. The van der Waals surface area contributed by atoms with E-state index >= 15 is 0 Å². The van der Waals surface area contributed by atoms with Crippen molar-refractivity contribution in [1.82, 2.24) is 0 Å². The molecule has 342 valence electrons. The quantitative estimate of drug-likeness (QED) is 0.0985. The Bertz CT molecular complexity index is 2470. The molecule has 65 heavy (non-hydrogen) atoms. The maximum atomic E-state index is 13.8. The highest BCUT2D eigenvalue weighted by Gasteiger charge is 2.32. The predicted molar refractivity (Wildman–Crippen MR) is 234 cm³/mol. The van der Waals surface area contributed by atoms with Crippen LogP contribution in [0.4, 0.5) is 42.1 Å². The van der Waals surface area contributed by atoms with Crippen molar-refractivity contribution in [3.8, 4) is 17.2 Å². The van der Waals surface area contributed by atoms with Crippen molar-refractivity contribution in [3.63, 3.8) is 0 Å². The van der Waals surface area contributed by atoms with Crippen molar-refractivity contribution in [3.05, 3.63) is 185 Å². The van der Waals surface area contributed by atoms with Crippen LogP contribution in [0.1, 0.15) is 45.5 Å². The summed E-state index contributed by atoms with van der Waals surface area (Å²) in [6, 6.07) is 35.5. The zero-order valence-corrected chi connectivity index (χ0v) is 35.6. The van der Waals surface area contributed by atoms with Gasteiger partial charge in [0.05, 0.1) is 19.8 Å². The topological polar surface area (TPSA) is 120 Å². The van der Waals surface area contributed by atoms with Crippen LogP contribution in [-0.2, 0) is 28.6 Å². The zero-order valence-electron chi connectivity index (χ0n) is 35.6. The Kier molecular flexibility index (Phi) is 16.7. The smallest absolute Gasteiger partial charge is 0.493 e. The summed E-state index contributed by atoms with van der Waals surface area (Å²) in [6.07, 6.45) is -8.47. The minimum absolute atomic E-state index is 0.176. The molecule has 0 heterocycles. The van der Waals surface area contributed by atoms with Gasteiger partial charge >= 0.3 is 12.5 Å². The number of rotatable bonds is 15. The van der Waals surface area contributed by atoms with E-state index in [-0.39, 0.29) is 24.7 Å². The first kappa shape index (κ1) is 49.1. The van der Waals surface area contributed by atoms with Crippen LogP contribution in [-0.4, -0.2) is 45.5 Å². The Morgan fingerprint density at radius 3 is 1.54 bits per heavy atom. The third-order valence-electron chi connectivity index (χ3n) is 10.2. The molecule has 2 amide bonds. The SMILES string of the molecule is COc1ccc(CCN(C(=O)C(N)c2ccccc2)c2ccc(OC(F)(F)F)cc2)cc1OC.Cc1cc(N(CCc2ccc(C(F)(F)F)cc2)C(=O)C(N)c2ccccc2)ccc1F. The number of hydrogen-bond donors (Lipinski definition) is 2. The number of amides is 2. The van der Waals surface area contributed by atoms with Crippen molar-refractivity contribution in [1.29, 1.82) is 0 Å². The lowest BCUT2D eigenvalue weighted by atomic mass is 10.0. The average Bonchev–Trinajstić information content (AvgIpc) is 3.30. The van der Waals surface area contributed by atoms with Gasteiger partial charge in [0.2, 0.25) is 11.8 Å². The molecule has 0 aromatic heterocycles. The molecule has 2 unspecified atom stereocenters. The lowest BCUT2D eigenvalue weighted by Gasteiger charge is -2.26. The van der Waals surface area contributed by atoms with Gasteiger partial charge in [-0.3, -0.25) is 9.59 Å². The molecule has 6 aromatic rings. The van der Waals surface area contributed by atoms with E-state index in [9.17, 15) is 40.3 Å². The lowest BCUT2D eigenvalue weighted by molar-refractivity contribution is -0.274. The molecule has 0 aliphatic rings. The Balaban J connectivity index is 0.000000245. The van der Waals surface area contributed by atoms with Gasteiger partial charge in [-0.25, -0.2) is 4.39 Å². The van der Waals surface area contributed by atoms with Gasteiger partial charge in [0.1, 0.15) is 23.7 Å². The number of aryl methyl sites for hydroxylation is 1. The molecule has 6 rings (SSSR count). The summed E-state index contributed by atoms with van der Waals surface area (Å²) in [5.41, 5.74) is 15.7. The predicted octanol–water partition coefficient (Wildman–Crippen LogP) is 10.3. The van der Waals surface area contributed by atoms with Crippen LogP contribution in [0.2, 0.25) is 0 Å². The Hall–Kier alpha value is -6.91. The second kappa shape index (κ2) is 22.1. The van der Waals surface area contributed by atoms with Gasteiger partial charge in [-0.15, -0.1) is 13.2 Å². The molecule has 0 bridgehead atoms. The molecule has 4 N–H and O–H groups in total. The first-order valence-corrected chi connectivity index (χ1v) is 20.1. The first-order chi connectivity index (χ1) is 30.9. The van der Waals surface area contributed by atoms with Crippen LogP contribution >= 0.6 is 0 Å². The third-order valence-corrected chi connectivity index (χ3v) is 10.2. The van der Waals surface area contributed by atoms with Gasteiger partial charge in [-0.05, 0) is 114 Å². The van der Waals surface area contributed by atoms with Crippen LogP contribution < -0.4 is 35.5 Å². The maximum absolute atomic E-state index is 13.8. The standard InChI is InChI=1S/C25H25F3N2O4.C24H22F4N2O/c1-32-21-13-8-17(16-22(21)33-2)14-15-30(24(31)23(29)18-6-4-3-5-7-18)19-9-11-20(12-10-19)34-25(26,27)28;1-16-15-20(11-12-21(16)25)30(23(31)22(29)18-5-3-2-4-6-18)14-13-17-7-9-19(10-8-17)24(26,27)28/h3-13,16,23H,14-15,29H2,1-2H3;2-12,15,22H,13-14,29H2,1H3. The molecule has 0 aliphatic heterocycles. The van der Waals surface area contributed by atoms with Crippen LogP contribution in [0.15, 0.2) is 146 Å². The first-order valence-electron chi connectivity index (χ1n) is 20.1. The number of anilines is 2. The molecule has 9 nitrogen and oxygen atoms in total. The van der Waals surface area contributed by atoms with E-state index in [0.717, 1.165) is 29.8 Å². The highest BCUT2D eigenvalue weighted by atomic mass is 19.4. The molecule has 0 fully saturated rings. The molecule has 0 radical (unpaired) electrons. The summed E-state index contributed by atoms with van der Waals surface area (Å²) in [7, 11) is 3.07. The van der Waals surface area contributed by atoms with Gasteiger partial charge in [0.25, 0.3) is 0 Å². The van der Waals surface area contributed by atoms with Crippen molar-refractivity contribution >= 4 is 23.2 Å². The molecule has 0 spiro atoms. The number of alkyl halides is 6. The molecule has 6 aromatic carbocycles. The van der Waals surface area contributed by atoms with E-state index in [1.165, 1.54) is 60.4 Å². The number of nitrogens with two attached hydrogens (primary N) is 2. The summed E-state index contributed by atoms with van der Waals surface area (Å²) in [5.74, 6) is -0.430. The molecule has 2 atom stereocenters. The highest BCUT2D eigenvalue weighted by molar-refractivity contribution is 5.98. The number of ether oxygens (including phenoxy) is 3. The summed E-state index contributed by atoms with van der Waals surface area (Å²) in [4.78, 5) is 29.4. The van der Waals surface area contributed by atoms with Crippen LogP contribution in [0, 0.1) is 12.7 Å². The minimum Gasteiger partial charge on any atom is -0.493 e. The fourth-order valence-electron chi connectivity index (χ4n) is 6.68. The average molecular weight is 905 g/mol. The summed E-state index contributed by atoms with van der Waals surface area (Å²) < 4.78 is 104. The molecule has 0 saturated heterocycles. The summed E-state index contributed by atoms with van der Waals surface area (Å²) >= 11 is 0. The van der Waals surface area contributed by atoms with Gasteiger partial charge in [0, 0.05) is 24.5 Å². The van der Waals surface area contributed by atoms with Crippen molar-refractivity contribution in [2.45, 2.75) is 44.4 Å². The third kappa shape index (κ3) is 13.8. The second-order valence-corrected chi connectivity index (χ2v) is 14.6. The van der Waals surface area contributed by atoms with Crippen molar-refractivity contribution in [2.24, 2.45) is 11.5 Å². The highest BCUT2D eigenvalue weighted by Crippen LogP contribution is 2.32. The van der Waals surface area contributed by atoms with E-state index < -0.39 is 41.9 Å². The monoisotopic (exact) mass is 904 g/mol. The number of carbonyl (C=O) groups is 2. The molecule has 0 saturated carbocycles. The second-order valence-electron chi connectivity index (χ2n) is 14.6. The van der Waals surface area contributed by atoms with Crippen molar-refractivity contribution in [2.75, 3.05) is 37.1 Å². The van der Waals surface area contributed by atoms with Gasteiger partial charge in [-0.1, -0.05) is 78.9 Å². The number of halogens is 7. The van der Waals surface area contributed by atoms with Gasteiger partial charge < -0.3 is 35.5 Å². The van der Waals surface area contributed by atoms with E-state index in [4.69, 9.17) is 20.9 Å². The Morgan fingerprint density at radius 1 is 0.585 bits per heavy atom. The molecule has 0 aliphatic carbocycles. The number of benzene rings is 6. The van der Waals surface area contributed by atoms with Gasteiger partial charge in [0.15, 0.2) is 11.5 Å². The number of methoxy groups -OCH3 is 2. The fourth-order valence-corrected chi connectivity index (χ4v) is 6.68. The minimum atomic E-state index is -4.81. The number of carbonyl (C=O) groups excluding carboxylic acids is 2. The summed E-state index contributed by atoms with van der Waals surface area (Å²) in [6.45, 7) is 2.00. The number of nitrogens with zero attached hydrogens (tertiary/aromatic N) is 2. The number of hydrogen-bond acceptors (Lipinski definition) is 7. The van der Waals surface area contributed by atoms with Crippen LogP contribution in [0.5, 0.6) is 17.2 Å². The van der Waals surface area contributed by atoms with E-state index in [1.54, 1.807) is 73.7 Å². The Morgan fingerprint density at radius 2 is 1.06 bits per heavy atom. The van der Waals surface area contributed by atoms with E-state index in [0.29, 0.717) is 58.0 Å². The Labute approximate surface area is 371 Å². The lowest BCUT2D eigenvalue weighted by Crippen LogP contribution is -2.40. The fraction of sp³-hybridized carbons (Fsp3) is 0.224. The van der Waals surface area contributed by atoms with Crippen molar-refractivity contribution < 1.29 is 54.5 Å². The largest absolute Gasteiger partial charge is 0.573 e. The molecule has 16 heteroatoms. The van der Waals surface area contributed by atoms with E-state index in [2.05, 4.69) is 4.74 Å². The normalized spacial score (nSPS) is 12.2. The summed E-state index contributed by atoms with van der Waals surface area (Å²) in [5, 5.41) is 0. The van der Waals surface area contributed by atoms with E-state index in [1.807, 2.05) is 18.2 Å². The van der Waals surface area contributed by atoms with Crippen LogP contribution in [0.3, 0.4) is 0 Å². The van der Waals surface area contributed by atoms with Gasteiger partial charge in [-0.2, -0.15) is 13.2 Å². The zero-order chi connectivity index (χ0) is 47.3. The molecular weight excluding hydrogens is 858 g/mol. The van der Waals surface area contributed by atoms with Crippen LogP contribution in [0.25, 0.3) is 0 Å². The molecular formula is C49H47F7N4O5.